The highest BCUT2D eigenvalue weighted by molar-refractivity contribution is 6.19. The Morgan fingerprint density at radius 2 is 1.72 bits per heavy atom. The summed E-state index contributed by atoms with van der Waals surface area (Å²) in [6, 6.07) is 22.8. The van der Waals surface area contributed by atoms with Gasteiger partial charge in [0.15, 0.2) is 11.5 Å². The van der Waals surface area contributed by atoms with Gasteiger partial charge < -0.3 is 14.2 Å². The maximum absolute atomic E-state index is 14.0. The number of imide groups is 1. The minimum absolute atomic E-state index is 0.0738. The molecule has 9 heteroatoms. The number of benzene rings is 3. The van der Waals surface area contributed by atoms with Crippen LogP contribution in [0.4, 0.5) is 0 Å². The first-order chi connectivity index (χ1) is 22.3. The van der Waals surface area contributed by atoms with Crippen molar-refractivity contribution in [2.45, 2.75) is 20.3 Å². The number of nitrogens with zero attached hydrogens (tertiary/aromatic N) is 4. The number of ether oxygens (including phenoxy) is 3. The Hall–Kier alpha value is -5.88. The summed E-state index contributed by atoms with van der Waals surface area (Å²) in [5, 5.41) is 14.9. The van der Waals surface area contributed by atoms with E-state index in [9.17, 15) is 14.9 Å². The molecule has 0 bridgehead atoms. The Morgan fingerprint density at radius 3 is 2.39 bits per heavy atom. The molecule has 1 aliphatic rings. The fraction of sp³-hybridized carbons (Fsp3) is 0.189. The van der Waals surface area contributed by atoms with Crippen LogP contribution in [0.1, 0.15) is 23.6 Å². The summed E-state index contributed by atoms with van der Waals surface area (Å²) in [5.41, 5.74) is 5.24. The van der Waals surface area contributed by atoms with Gasteiger partial charge in [-0.3, -0.25) is 14.5 Å². The van der Waals surface area contributed by atoms with Gasteiger partial charge in [-0.2, -0.15) is 10.4 Å². The van der Waals surface area contributed by atoms with Gasteiger partial charge >= 0.3 is 0 Å². The second-order valence-electron chi connectivity index (χ2n) is 10.7. The minimum Gasteiger partial charge on any atom is -0.493 e. The lowest BCUT2D eigenvalue weighted by Gasteiger charge is -2.27. The van der Waals surface area contributed by atoms with Crippen LogP contribution in [0.25, 0.3) is 23.0 Å². The molecule has 4 aromatic rings. The number of hydrogen-bond donors (Lipinski definition) is 0. The number of para-hydroxylation sites is 1. The summed E-state index contributed by atoms with van der Waals surface area (Å²) in [7, 11) is 3.10. The molecule has 0 fully saturated rings. The number of rotatable bonds is 11. The van der Waals surface area contributed by atoms with Crippen LogP contribution in [-0.4, -0.2) is 53.9 Å². The van der Waals surface area contributed by atoms with Gasteiger partial charge in [-0.25, -0.2) is 4.68 Å². The first-order valence-corrected chi connectivity index (χ1v) is 14.7. The van der Waals surface area contributed by atoms with E-state index in [-0.39, 0.29) is 17.7 Å². The predicted molar refractivity (Wildman–Crippen MR) is 176 cm³/mol. The molecule has 0 saturated heterocycles. The van der Waals surface area contributed by atoms with Gasteiger partial charge in [0.2, 0.25) is 0 Å². The number of carbonyl (C=O) groups excluding carboxylic acids is 2. The average molecular weight is 615 g/mol. The molecule has 0 radical (unpaired) electrons. The van der Waals surface area contributed by atoms with Crippen molar-refractivity contribution in [1.29, 1.82) is 5.26 Å². The number of amides is 2. The first-order valence-electron chi connectivity index (χ1n) is 14.7. The van der Waals surface area contributed by atoms with Crippen molar-refractivity contribution >= 4 is 17.9 Å². The van der Waals surface area contributed by atoms with Crippen molar-refractivity contribution in [3.05, 3.63) is 119 Å². The van der Waals surface area contributed by atoms with Crippen molar-refractivity contribution in [2.24, 2.45) is 0 Å². The van der Waals surface area contributed by atoms with E-state index in [0.717, 1.165) is 27.3 Å². The molecule has 0 saturated carbocycles. The van der Waals surface area contributed by atoms with Crippen LogP contribution >= 0.6 is 0 Å². The number of aryl methyl sites for hydroxylation is 1. The third kappa shape index (κ3) is 6.33. The van der Waals surface area contributed by atoms with E-state index in [1.807, 2.05) is 73.8 Å². The zero-order valence-electron chi connectivity index (χ0n) is 26.2. The highest BCUT2D eigenvalue weighted by Crippen LogP contribution is 2.34. The molecule has 1 aromatic heterocycles. The van der Waals surface area contributed by atoms with E-state index >= 15 is 0 Å². The van der Waals surface area contributed by atoms with Crippen LogP contribution in [0.3, 0.4) is 0 Å². The molecule has 46 heavy (non-hydrogen) atoms. The molecule has 2 amide bonds. The van der Waals surface area contributed by atoms with Gasteiger partial charge in [0.25, 0.3) is 11.8 Å². The van der Waals surface area contributed by atoms with Gasteiger partial charge in [0.1, 0.15) is 29.7 Å². The molecule has 232 valence electrons. The van der Waals surface area contributed by atoms with Crippen LogP contribution in [-0.2, 0) is 16.0 Å². The van der Waals surface area contributed by atoms with Crippen LogP contribution in [0.5, 0.6) is 17.2 Å². The summed E-state index contributed by atoms with van der Waals surface area (Å²) in [6.07, 6.45) is 5.60. The molecular weight excluding hydrogens is 580 g/mol. The molecule has 0 atom stereocenters. The number of aromatic nitrogens is 2. The molecule has 0 aliphatic carbocycles. The van der Waals surface area contributed by atoms with Gasteiger partial charge in [0.05, 0.1) is 19.9 Å². The molecule has 0 spiro atoms. The fourth-order valence-corrected chi connectivity index (χ4v) is 5.33. The smallest absolute Gasteiger partial charge is 0.271 e. The third-order valence-corrected chi connectivity index (χ3v) is 7.78. The van der Waals surface area contributed by atoms with Crippen molar-refractivity contribution in [3.8, 4) is 40.3 Å². The number of nitriles is 1. The lowest BCUT2D eigenvalue weighted by molar-refractivity contribution is -0.140. The maximum atomic E-state index is 14.0. The molecule has 3 aromatic carbocycles. The van der Waals surface area contributed by atoms with E-state index in [2.05, 4.69) is 6.58 Å². The molecular formula is C37H34N4O5. The molecule has 5 rings (SSSR count). The lowest BCUT2D eigenvalue weighted by Crippen LogP contribution is -2.43. The van der Waals surface area contributed by atoms with Crippen molar-refractivity contribution in [3.63, 3.8) is 0 Å². The number of methoxy groups -OCH3 is 2. The highest BCUT2D eigenvalue weighted by Gasteiger charge is 2.35. The Labute approximate surface area is 268 Å². The van der Waals surface area contributed by atoms with Crippen LogP contribution in [0.15, 0.2) is 102 Å². The summed E-state index contributed by atoms with van der Waals surface area (Å²) in [4.78, 5) is 28.5. The van der Waals surface area contributed by atoms with Crippen LogP contribution in [0.2, 0.25) is 0 Å². The van der Waals surface area contributed by atoms with Crippen molar-refractivity contribution in [1.82, 2.24) is 14.7 Å². The second-order valence-corrected chi connectivity index (χ2v) is 10.7. The summed E-state index contributed by atoms with van der Waals surface area (Å²) in [6.45, 7) is 7.76. The van der Waals surface area contributed by atoms with E-state index in [4.69, 9.17) is 19.3 Å². The Kier molecular flexibility index (Phi) is 9.48. The van der Waals surface area contributed by atoms with E-state index in [0.29, 0.717) is 47.1 Å². The standard InChI is InChI=1S/C37H34N4O5/c1-6-18-46-29-13-14-30(24(2)19-29)35-27(23-41(39-35)28-10-8-7-9-11-28)21-31-25(3)32(22-38)37(43)40(36(31)42)17-16-26-12-15-33(44-4)34(20-26)45-5/h6-15,19-21,23H,1,16-18H2,2-5H3/b31-21+. The Bertz CT molecular complexity index is 1910. The zero-order chi connectivity index (χ0) is 32.8. The SMILES string of the molecule is C=CCOc1ccc(-c2nn(-c3ccccc3)cc2/C=C2/C(=O)N(CCc3ccc(OC)c(OC)c3)C(=O)C(C#N)=C2C)c(C)c1. The molecule has 0 N–H and O–H groups in total. The van der Waals surface area contributed by atoms with Gasteiger partial charge in [-0.15, -0.1) is 0 Å². The van der Waals surface area contributed by atoms with E-state index in [1.54, 1.807) is 50.1 Å². The topological polar surface area (TPSA) is 107 Å². The molecule has 0 unspecified atom stereocenters. The fourth-order valence-electron chi connectivity index (χ4n) is 5.33. The zero-order valence-corrected chi connectivity index (χ0v) is 26.2. The molecule has 2 heterocycles. The summed E-state index contributed by atoms with van der Waals surface area (Å²) in [5.74, 6) is 0.725. The van der Waals surface area contributed by atoms with Gasteiger partial charge in [-0.1, -0.05) is 36.9 Å². The first kappa shape index (κ1) is 31.5. The van der Waals surface area contributed by atoms with Crippen molar-refractivity contribution < 1.29 is 23.8 Å². The Balaban J connectivity index is 1.57. The second kappa shape index (κ2) is 13.8. The normalized spacial score (nSPS) is 14.0. The van der Waals surface area contributed by atoms with Crippen LogP contribution in [0, 0.1) is 18.3 Å². The number of hydrogen-bond acceptors (Lipinski definition) is 7. The van der Waals surface area contributed by atoms with Crippen LogP contribution < -0.4 is 14.2 Å². The predicted octanol–water partition coefficient (Wildman–Crippen LogP) is 6.26. The largest absolute Gasteiger partial charge is 0.493 e. The quantitative estimate of drug-likeness (QED) is 0.111. The summed E-state index contributed by atoms with van der Waals surface area (Å²) < 4.78 is 18.2. The van der Waals surface area contributed by atoms with Gasteiger partial charge in [0, 0.05) is 29.4 Å². The van der Waals surface area contributed by atoms with E-state index < -0.39 is 11.8 Å². The highest BCUT2D eigenvalue weighted by atomic mass is 16.5. The number of carbonyl (C=O) groups is 2. The summed E-state index contributed by atoms with van der Waals surface area (Å²) >= 11 is 0. The molecule has 1 aliphatic heterocycles. The monoisotopic (exact) mass is 614 g/mol. The Morgan fingerprint density at radius 1 is 0.957 bits per heavy atom. The molecule has 9 nitrogen and oxygen atoms in total. The maximum Gasteiger partial charge on any atom is 0.271 e. The van der Waals surface area contributed by atoms with Gasteiger partial charge in [-0.05, 0) is 85.5 Å². The van der Waals surface area contributed by atoms with Crippen molar-refractivity contribution in [2.75, 3.05) is 27.4 Å². The van der Waals surface area contributed by atoms with E-state index in [1.165, 1.54) is 0 Å². The lowest BCUT2D eigenvalue weighted by atomic mass is 9.92. The average Bonchev–Trinajstić information content (AvgIpc) is 3.49. The third-order valence-electron chi connectivity index (χ3n) is 7.78. The minimum atomic E-state index is -0.617.